The van der Waals surface area contributed by atoms with Gasteiger partial charge in [-0.3, -0.25) is 14.4 Å². The zero-order valence-corrected chi connectivity index (χ0v) is 13.4. The van der Waals surface area contributed by atoms with Gasteiger partial charge in [-0.05, 0) is 44.0 Å². The van der Waals surface area contributed by atoms with Gasteiger partial charge in [-0.25, -0.2) is 0 Å². The molecule has 0 bridgehead atoms. The van der Waals surface area contributed by atoms with Crippen LogP contribution in [0.5, 0.6) is 0 Å². The molecule has 1 aromatic rings. The molecular formula is C18H22N2O3. The number of hydrogen-bond donors (Lipinski definition) is 1. The molecule has 0 spiro atoms. The Morgan fingerprint density at radius 1 is 1.13 bits per heavy atom. The molecule has 1 aromatic carbocycles. The Balaban J connectivity index is 1.60. The average Bonchev–Trinajstić information content (AvgIpc) is 3.16. The molecule has 0 aromatic heterocycles. The summed E-state index contributed by atoms with van der Waals surface area (Å²) in [5.41, 5.74) is 1.28. The Kier molecular flexibility index (Phi) is 4.46. The SMILES string of the molecule is CC(=O)c1ccc(NC(=O)C2CC(=O)N(C3CCCC3)C2)cc1. The van der Waals surface area contributed by atoms with Gasteiger partial charge < -0.3 is 10.2 Å². The van der Waals surface area contributed by atoms with E-state index in [4.69, 9.17) is 0 Å². The van der Waals surface area contributed by atoms with Crippen molar-refractivity contribution >= 4 is 23.3 Å². The Bertz CT molecular complexity index is 618. The number of rotatable bonds is 4. The minimum absolute atomic E-state index is 0.00327. The molecule has 2 amide bonds. The number of nitrogens with zero attached hydrogens (tertiary/aromatic N) is 1. The van der Waals surface area contributed by atoms with Crippen molar-refractivity contribution in [2.24, 2.45) is 5.92 Å². The van der Waals surface area contributed by atoms with Crippen LogP contribution in [0, 0.1) is 5.92 Å². The molecule has 3 rings (SSSR count). The van der Waals surface area contributed by atoms with Crippen molar-refractivity contribution in [1.82, 2.24) is 4.90 Å². The third kappa shape index (κ3) is 3.44. The molecule has 122 valence electrons. The molecule has 0 radical (unpaired) electrons. The van der Waals surface area contributed by atoms with E-state index in [0.717, 1.165) is 12.8 Å². The van der Waals surface area contributed by atoms with Crippen molar-refractivity contribution in [3.05, 3.63) is 29.8 Å². The highest BCUT2D eigenvalue weighted by molar-refractivity contribution is 5.98. The minimum atomic E-state index is -0.282. The number of amides is 2. The van der Waals surface area contributed by atoms with Gasteiger partial charge >= 0.3 is 0 Å². The Labute approximate surface area is 136 Å². The zero-order valence-electron chi connectivity index (χ0n) is 13.4. The fourth-order valence-corrected chi connectivity index (χ4v) is 3.51. The summed E-state index contributed by atoms with van der Waals surface area (Å²) < 4.78 is 0. The lowest BCUT2D eigenvalue weighted by Crippen LogP contribution is -2.35. The number of anilines is 1. The number of carbonyl (C=O) groups is 3. The highest BCUT2D eigenvalue weighted by Crippen LogP contribution is 2.30. The molecule has 2 fully saturated rings. The lowest BCUT2D eigenvalue weighted by atomic mass is 10.1. The highest BCUT2D eigenvalue weighted by Gasteiger charge is 2.38. The maximum Gasteiger partial charge on any atom is 0.229 e. The molecule has 1 aliphatic heterocycles. The fraction of sp³-hybridized carbons (Fsp3) is 0.500. The van der Waals surface area contributed by atoms with Crippen molar-refractivity contribution in [2.75, 3.05) is 11.9 Å². The van der Waals surface area contributed by atoms with E-state index in [0.29, 0.717) is 30.3 Å². The van der Waals surface area contributed by atoms with Crippen LogP contribution in [-0.2, 0) is 9.59 Å². The lowest BCUT2D eigenvalue weighted by molar-refractivity contribution is -0.129. The monoisotopic (exact) mass is 314 g/mol. The molecule has 23 heavy (non-hydrogen) atoms. The first-order valence-electron chi connectivity index (χ1n) is 8.26. The molecule has 2 aliphatic rings. The van der Waals surface area contributed by atoms with E-state index in [2.05, 4.69) is 5.32 Å². The lowest BCUT2D eigenvalue weighted by Gasteiger charge is -2.23. The highest BCUT2D eigenvalue weighted by atomic mass is 16.2. The number of benzene rings is 1. The van der Waals surface area contributed by atoms with Gasteiger partial charge in [0.1, 0.15) is 0 Å². The summed E-state index contributed by atoms with van der Waals surface area (Å²) in [4.78, 5) is 37.7. The average molecular weight is 314 g/mol. The summed E-state index contributed by atoms with van der Waals surface area (Å²) >= 11 is 0. The summed E-state index contributed by atoms with van der Waals surface area (Å²) in [7, 11) is 0. The maximum atomic E-state index is 12.4. The summed E-state index contributed by atoms with van der Waals surface area (Å²) in [5.74, 6) is -0.301. The van der Waals surface area contributed by atoms with E-state index >= 15 is 0 Å². The molecule has 1 aliphatic carbocycles. The van der Waals surface area contributed by atoms with Crippen molar-refractivity contribution < 1.29 is 14.4 Å². The number of hydrogen-bond acceptors (Lipinski definition) is 3. The molecule has 1 heterocycles. The number of nitrogens with one attached hydrogen (secondary N) is 1. The third-order valence-corrected chi connectivity index (χ3v) is 4.85. The Morgan fingerprint density at radius 2 is 1.78 bits per heavy atom. The summed E-state index contributed by atoms with van der Waals surface area (Å²) in [6.45, 7) is 2.04. The van der Waals surface area contributed by atoms with E-state index < -0.39 is 0 Å². The first-order valence-corrected chi connectivity index (χ1v) is 8.26. The van der Waals surface area contributed by atoms with Gasteiger partial charge in [0.25, 0.3) is 0 Å². The minimum Gasteiger partial charge on any atom is -0.339 e. The van der Waals surface area contributed by atoms with E-state index in [1.54, 1.807) is 24.3 Å². The summed E-state index contributed by atoms with van der Waals surface area (Å²) in [6, 6.07) is 7.17. The van der Waals surface area contributed by atoms with Crippen LogP contribution < -0.4 is 5.32 Å². The first-order chi connectivity index (χ1) is 11.0. The number of Topliss-reactive ketones (excluding diaryl/α,β-unsaturated/α-hetero) is 1. The van der Waals surface area contributed by atoms with Crippen molar-refractivity contribution in [3.63, 3.8) is 0 Å². The summed E-state index contributed by atoms with van der Waals surface area (Å²) in [5, 5.41) is 2.85. The molecule has 1 atom stereocenters. The molecule has 5 nitrogen and oxygen atoms in total. The Hall–Kier alpha value is -2.17. The second-order valence-electron chi connectivity index (χ2n) is 6.51. The van der Waals surface area contributed by atoms with Crippen LogP contribution in [0.1, 0.15) is 49.4 Å². The fourth-order valence-electron chi connectivity index (χ4n) is 3.51. The van der Waals surface area contributed by atoms with Crippen LogP contribution in [0.15, 0.2) is 24.3 Å². The van der Waals surface area contributed by atoms with E-state index in [-0.39, 0.29) is 23.5 Å². The van der Waals surface area contributed by atoms with Gasteiger partial charge in [0, 0.05) is 30.3 Å². The van der Waals surface area contributed by atoms with Crippen molar-refractivity contribution in [1.29, 1.82) is 0 Å². The molecule has 1 saturated heterocycles. The molecule has 1 saturated carbocycles. The van der Waals surface area contributed by atoms with Crippen LogP contribution in [-0.4, -0.2) is 35.1 Å². The quantitative estimate of drug-likeness (QED) is 0.869. The van der Waals surface area contributed by atoms with Crippen LogP contribution in [0.3, 0.4) is 0 Å². The standard InChI is InChI=1S/C18H22N2O3/c1-12(21)13-6-8-15(9-7-13)19-18(23)14-10-17(22)20(11-14)16-4-2-3-5-16/h6-9,14,16H,2-5,10-11H2,1H3,(H,19,23). The van der Waals surface area contributed by atoms with E-state index in [1.807, 2.05) is 4.90 Å². The van der Waals surface area contributed by atoms with E-state index in [9.17, 15) is 14.4 Å². The predicted molar refractivity (Wildman–Crippen MR) is 87.2 cm³/mol. The second-order valence-corrected chi connectivity index (χ2v) is 6.51. The van der Waals surface area contributed by atoms with Crippen LogP contribution in [0.25, 0.3) is 0 Å². The van der Waals surface area contributed by atoms with Crippen LogP contribution >= 0.6 is 0 Å². The third-order valence-electron chi connectivity index (χ3n) is 4.85. The topological polar surface area (TPSA) is 66.5 Å². The summed E-state index contributed by atoms with van der Waals surface area (Å²) in [6.07, 6.45) is 4.77. The number of ketones is 1. The van der Waals surface area contributed by atoms with Gasteiger partial charge in [-0.15, -0.1) is 0 Å². The predicted octanol–water partition coefficient (Wildman–Crippen LogP) is 2.62. The maximum absolute atomic E-state index is 12.4. The zero-order chi connectivity index (χ0) is 16.4. The largest absolute Gasteiger partial charge is 0.339 e. The second kappa shape index (κ2) is 6.52. The Morgan fingerprint density at radius 3 is 2.39 bits per heavy atom. The van der Waals surface area contributed by atoms with Crippen molar-refractivity contribution in [3.8, 4) is 0 Å². The molecule has 1 N–H and O–H groups in total. The van der Waals surface area contributed by atoms with Gasteiger partial charge in [0.05, 0.1) is 5.92 Å². The molecule has 1 unspecified atom stereocenters. The first kappa shape index (κ1) is 15.7. The molecular weight excluding hydrogens is 292 g/mol. The van der Waals surface area contributed by atoms with Gasteiger partial charge in [-0.2, -0.15) is 0 Å². The molecule has 5 heteroatoms. The smallest absolute Gasteiger partial charge is 0.229 e. The normalized spacial score (nSPS) is 21.7. The number of carbonyl (C=O) groups excluding carboxylic acids is 3. The van der Waals surface area contributed by atoms with Crippen LogP contribution in [0.4, 0.5) is 5.69 Å². The van der Waals surface area contributed by atoms with Gasteiger partial charge in [0.2, 0.25) is 11.8 Å². The van der Waals surface area contributed by atoms with Crippen LogP contribution in [0.2, 0.25) is 0 Å². The van der Waals surface area contributed by atoms with Gasteiger partial charge in [-0.1, -0.05) is 12.8 Å². The number of likely N-dealkylation sites (tertiary alicyclic amines) is 1. The van der Waals surface area contributed by atoms with E-state index in [1.165, 1.54) is 19.8 Å². The van der Waals surface area contributed by atoms with Crippen molar-refractivity contribution in [2.45, 2.75) is 45.1 Å². The van der Waals surface area contributed by atoms with Gasteiger partial charge in [0.15, 0.2) is 5.78 Å².